The Labute approximate surface area is 122 Å². The van der Waals surface area contributed by atoms with Crippen molar-refractivity contribution < 1.29 is 9.47 Å². The van der Waals surface area contributed by atoms with Crippen LogP contribution in [0.25, 0.3) is 0 Å². The maximum absolute atomic E-state index is 5.64. The highest BCUT2D eigenvalue weighted by molar-refractivity contribution is 5.28. The fourth-order valence-corrected chi connectivity index (χ4v) is 1.67. The van der Waals surface area contributed by atoms with Crippen molar-refractivity contribution in [3.05, 3.63) is 29.8 Å². The van der Waals surface area contributed by atoms with Crippen LogP contribution in [0.4, 0.5) is 0 Å². The van der Waals surface area contributed by atoms with Gasteiger partial charge in [0.2, 0.25) is 0 Å². The molecule has 1 atom stereocenters. The Morgan fingerprint density at radius 3 is 2.50 bits per heavy atom. The van der Waals surface area contributed by atoms with Gasteiger partial charge in [-0.05, 0) is 38.0 Å². The van der Waals surface area contributed by atoms with Crippen LogP contribution in [0.3, 0.4) is 0 Å². The fourth-order valence-electron chi connectivity index (χ4n) is 1.67. The maximum atomic E-state index is 5.64. The molecule has 0 spiro atoms. The molecule has 20 heavy (non-hydrogen) atoms. The maximum Gasteiger partial charge on any atom is 0.119 e. The Balaban J connectivity index is 2.38. The molecule has 0 N–H and O–H groups in total. The molecule has 0 aliphatic heterocycles. The highest BCUT2D eigenvalue weighted by atomic mass is 16.5. The molecular weight excluding hydrogens is 252 g/mol. The van der Waals surface area contributed by atoms with Crippen LogP contribution in [0, 0.1) is 0 Å². The monoisotopic (exact) mass is 278 g/mol. The number of hydrogen-bond acceptors (Lipinski definition) is 4. The van der Waals surface area contributed by atoms with E-state index >= 15 is 0 Å². The Morgan fingerprint density at radius 2 is 1.85 bits per heavy atom. The number of rotatable bonds is 10. The van der Waals surface area contributed by atoms with Crippen LogP contribution in [-0.2, 0) is 4.74 Å². The molecular formula is C16H26N2O2. The lowest BCUT2D eigenvalue weighted by Gasteiger charge is -2.08. The van der Waals surface area contributed by atoms with E-state index in [1.807, 2.05) is 38.1 Å². The first-order chi connectivity index (χ1) is 9.77. The van der Waals surface area contributed by atoms with E-state index in [-0.39, 0.29) is 6.04 Å². The summed E-state index contributed by atoms with van der Waals surface area (Å²) in [5, 5.41) is 8.41. The lowest BCUT2D eigenvalue weighted by Crippen LogP contribution is -1.98. The van der Waals surface area contributed by atoms with Crippen molar-refractivity contribution in [3.63, 3.8) is 0 Å². The second-order valence-corrected chi connectivity index (χ2v) is 4.62. The molecule has 0 aliphatic carbocycles. The molecule has 4 heteroatoms. The molecule has 0 bridgehead atoms. The van der Waals surface area contributed by atoms with Gasteiger partial charge in [0, 0.05) is 6.61 Å². The molecule has 0 heterocycles. The van der Waals surface area contributed by atoms with Crippen LogP contribution in [0.2, 0.25) is 0 Å². The smallest absolute Gasteiger partial charge is 0.119 e. The van der Waals surface area contributed by atoms with Crippen molar-refractivity contribution in [3.8, 4) is 5.75 Å². The minimum absolute atomic E-state index is 0.0707. The topological polar surface area (TPSA) is 43.2 Å². The minimum Gasteiger partial charge on any atom is -0.494 e. The van der Waals surface area contributed by atoms with Crippen molar-refractivity contribution in [2.24, 2.45) is 10.2 Å². The molecule has 1 unspecified atom stereocenters. The summed E-state index contributed by atoms with van der Waals surface area (Å²) in [7, 11) is 0. The Bertz CT molecular complexity index is 377. The zero-order valence-electron chi connectivity index (χ0n) is 12.8. The van der Waals surface area contributed by atoms with Gasteiger partial charge in [0.05, 0.1) is 25.8 Å². The van der Waals surface area contributed by atoms with E-state index in [9.17, 15) is 0 Å². The zero-order chi connectivity index (χ0) is 14.6. The molecule has 0 saturated heterocycles. The van der Waals surface area contributed by atoms with Crippen molar-refractivity contribution in [1.82, 2.24) is 0 Å². The van der Waals surface area contributed by atoms with E-state index in [4.69, 9.17) is 9.47 Å². The summed E-state index contributed by atoms with van der Waals surface area (Å²) in [4.78, 5) is 0. The molecule has 0 amide bonds. The van der Waals surface area contributed by atoms with E-state index in [0.717, 1.165) is 37.4 Å². The van der Waals surface area contributed by atoms with Gasteiger partial charge in [0.15, 0.2) is 0 Å². The number of hydrogen-bond donors (Lipinski definition) is 0. The number of ether oxygens (including phenoxy) is 2. The summed E-state index contributed by atoms with van der Waals surface area (Å²) < 4.78 is 10.8. The minimum atomic E-state index is 0.0707. The third-order valence-corrected chi connectivity index (χ3v) is 2.92. The quantitative estimate of drug-likeness (QED) is 0.470. The van der Waals surface area contributed by atoms with Gasteiger partial charge >= 0.3 is 0 Å². The molecule has 0 aromatic heterocycles. The van der Waals surface area contributed by atoms with Crippen LogP contribution in [0.5, 0.6) is 5.75 Å². The summed E-state index contributed by atoms with van der Waals surface area (Å²) in [6.45, 7) is 8.94. The molecule has 112 valence electrons. The van der Waals surface area contributed by atoms with Gasteiger partial charge in [0.1, 0.15) is 5.75 Å². The normalized spacial score (nSPS) is 12.8. The number of azo groups is 1. The van der Waals surface area contributed by atoms with Gasteiger partial charge in [-0.25, -0.2) is 0 Å². The molecule has 1 rings (SSSR count). The third kappa shape index (κ3) is 6.66. The van der Waals surface area contributed by atoms with Crippen LogP contribution >= 0.6 is 0 Å². The molecule has 0 aliphatic rings. The van der Waals surface area contributed by atoms with E-state index in [1.165, 1.54) is 0 Å². The lowest BCUT2D eigenvalue weighted by atomic mass is 10.1. The van der Waals surface area contributed by atoms with Gasteiger partial charge in [-0.3, -0.25) is 0 Å². The molecule has 1 aromatic rings. The SMILES string of the molecule is CCCCOc1ccc(C(C)N=NCCOCC)cc1. The van der Waals surface area contributed by atoms with Crippen molar-refractivity contribution in [1.29, 1.82) is 0 Å². The van der Waals surface area contributed by atoms with E-state index in [0.29, 0.717) is 13.2 Å². The zero-order valence-corrected chi connectivity index (χ0v) is 12.8. The largest absolute Gasteiger partial charge is 0.494 e. The summed E-state index contributed by atoms with van der Waals surface area (Å²) in [6, 6.07) is 8.16. The molecule has 1 aromatic carbocycles. The number of benzene rings is 1. The van der Waals surface area contributed by atoms with E-state index in [2.05, 4.69) is 17.2 Å². The second-order valence-electron chi connectivity index (χ2n) is 4.62. The Kier molecular flexibility index (Phi) is 8.63. The van der Waals surface area contributed by atoms with Crippen LogP contribution in [-0.4, -0.2) is 26.4 Å². The second kappa shape index (κ2) is 10.4. The summed E-state index contributed by atoms with van der Waals surface area (Å²) >= 11 is 0. The van der Waals surface area contributed by atoms with Gasteiger partial charge < -0.3 is 9.47 Å². The predicted octanol–water partition coefficient (Wildman–Crippen LogP) is 4.42. The molecule has 0 fully saturated rings. The van der Waals surface area contributed by atoms with Crippen molar-refractivity contribution in [2.45, 2.75) is 39.7 Å². The highest BCUT2D eigenvalue weighted by Gasteiger charge is 2.03. The predicted molar refractivity (Wildman–Crippen MR) is 81.5 cm³/mol. The number of unbranched alkanes of at least 4 members (excludes halogenated alkanes) is 1. The summed E-state index contributed by atoms with van der Waals surface area (Å²) in [5.41, 5.74) is 1.15. The standard InChI is InChI=1S/C16H26N2O2/c1-4-6-12-20-16-9-7-15(8-10-16)14(3)18-17-11-13-19-5-2/h7-10,14H,4-6,11-13H2,1-3H3. The summed E-state index contributed by atoms with van der Waals surface area (Å²) in [5.74, 6) is 0.919. The average Bonchev–Trinajstić information content (AvgIpc) is 2.48. The average molecular weight is 278 g/mol. The highest BCUT2D eigenvalue weighted by Crippen LogP contribution is 2.20. The fraction of sp³-hybridized carbons (Fsp3) is 0.625. The van der Waals surface area contributed by atoms with E-state index < -0.39 is 0 Å². The third-order valence-electron chi connectivity index (χ3n) is 2.92. The van der Waals surface area contributed by atoms with Gasteiger partial charge in [-0.15, -0.1) is 0 Å². The van der Waals surface area contributed by atoms with Crippen LogP contribution in [0.15, 0.2) is 34.5 Å². The molecule has 0 radical (unpaired) electrons. The van der Waals surface area contributed by atoms with Crippen molar-refractivity contribution in [2.75, 3.05) is 26.4 Å². The van der Waals surface area contributed by atoms with Gasteiger partial charge in [-0.2, -0.15) is 10.2 Å². The Morgan fingerprint density at radius 1 is 1.10 bits per heavy atom. The first kappa shape index (κ1) is 16.6. The number of nitrogens with zero attached hydrogens (tertiary/aromatic N) is 2. The first-order valence-electron chi connectivity index (χ1n) is 7.45. The van der Waals surface area contributed by atoms with Gasteiger partial charge in [-0.1, -0.05) is 25.5 Å². The Hall–Kier alpha value is -1.42. The first-order valence-corrected chi connectivity index (χ1v) is 7.45. The van der Waals surface area contributed by atoms with E-state index in [1.54, 1.807) is 0 Å². The van der Waals surface area contributed by atoms with Crippen molar-refractivity contribution >= 4 is 0 Å². The summed E-state index contributed by atoms with van der Waals surface area (Å²) in [6.07, 6.45) is 2.24. The van der Waals surface area contributed by atoms with Gasteiger partial charge in [0.25, 0.3) is 0 Å². The lowest BCUT2D eigenvalue weighted by molar-refractivity contribution is 0.154. The van der Waals surface area contributed by atoms with Crippen LogP contribution < -0.4 is 4.74 Å². The molecule has 4 nitrogen and oxygen atoms in total. The molecule has 0 saturated carbocycles. The van der Waals surface area contributed by atoms with Crippen LogP contribution in [0.1, 0.15) is 45.2 Å².